The summed E-state index contributed by atoms with van der Waals surface area (Å²) in [6.07, 6.45) is 7.22. The Morgan fingerprint density at radius 2 is 2.00 bits per heavy atom. The number of rotatable bonds is 5. The van der Waals surface area contributed by atoms with Gasteiger partial charge in [0.2, 0.25) is 0 Å². The van der Waals surface area contributed by atoms with Crippen molar-refractivity contribution in [1.29, 1.82) is 0 Å². The average molecular weight is 340 g/mol. The van der Waals surface area contributed by atoms with Crippen LogP contribution in [0.2, 0.25) is 0 Å². The molecule has 0 radical (unpaired) electrons. The number of hydrogen-bond acceptors (Lipinski definition) is 2. The molecule has 2 rings (SSSR count). The Morgan fingerprint density at radius 1 is 1.30 bits per heavy atom. The van der Waals surface area contributed by atoms with Crippen LogP contribution in [0.4, 0.5) is 0 Å². The molecule has 1 aliphatic carbocycles. The molecule has 1 unspecified atom stereocenters. The van der Waals surface area contributed by atoms with E-state index < -0.39 is 0 Å². The molecule has 0 spiro atoms. The van der Waals surface area contributed by atoms with Crippen molar-refractivity contribution in [2.24, 2.45) is 11.7 Å². The molecule has 1 saturated carbocycles. The lowest BCUT2D eigenvalue weighted by molar-refractivity contribution is 0.135. The van der Waals surface area contributed by atoms with Crippen LogP contribution < -0.4 is 10.5 Å². The number of benzene rings is 1. The molecule has 0 aliphatic heterocycles. The molecule has 2 nitrogen and oxygen atoms in total. The molecule has 3 heteroatoms. The van der Waals surface area contributed by atoms with Gasteiger partial charge in [-0.1, -0.05) is 29.8 Å². The second-order valence-electron chi connectivity index (χ2n) is 6.13. The second kappa shape index (κ2) is 7.46. The maximum absolute atomic E-state index is 6.15. The van der Waals surface area contributed by atoms with E-state index in [4.69, 9.17) is 10.5 Å². The van der Waals surface area contributed by atoms with E-state index in [0.29, 0.717) is 6.10 Å². The molecule has 20 heavy (non-hydrogen) atoms. The summed E-state index contributed by atoms with van der Waals surface area (Å²) in [6.45, 7) is 4.46. The fourth-order valence-electron chi connectivity index (χ4n) is 2.75. The summed E-state index contributed by atoms with van der Waals surface area (Å²) in [6, 6.07) is 6.51. The lowest BCUT2D eigenvalue weighted by Gasteiger charge is -2.27. The highest BCUT2D eigenvalue weighted by Crippen LogP contribution is 2.29. The molecule has 0 amide bonds. The number of ether oxygens (including phenoxy) is 1. The third-order valence-corrected chi connectivity index (χ3v) is 5.06. The number of nitrogens with two attached hydrogens (primary N) is 1. The minimum Gasteiger partial charge on any atom is -0.490 e. The Morgan fingerprint density at radius 3 is 2.65 bits per heavy atom. The van der Waals surface area contributed by atoms with Gasteiger partial charge in [0.05, 0.1) is 6.10 Å². The maximum atomic E-state index is 6.15. The van der Waals surface area contributed by atoms with Crippen LogP contribution in [0.25, 0.3) is 0 Å². The van der Waals surface area contributed by atoms with Gasteiger partial charge >= 0.3 is 0 Å². The van der Waals surface area contributed by atoms with Crippen molar-refractivity contribution in [2.75, 3.05) is 0 Å². The van der Waals surface area contributed by atoms with Crippen LogP contribution in [0.15, 0.2) is 22.7 Å². The fraction of sp³-hybridized carbons (Fsp3) is 0.647. The largest absolute Gasteiger partial charge is 0.490 e. The van der Waals surface area contributed by atoms with E-state index in [0.717, 1.165) is 29.0 Å². The summed E-state index contributed by atoms with van der Waals surface area (Å²) in [5.41, 5.74) is 7.31. The lowest BCUT2D eigenvalue weighted by Crippen LogP contribution is -2.23. The van der Waals surface area contributed by atoms with E-state index in [-0.39, 0.29) is 6.04 Å². The first kappa shape index (κ1) is 15.8. The van der Waals surface area contributed by atoms with Crippen LogP contribution >= 0.6 is 15.9 Å². The first-order chi connectivity index (χ1) is 9.58. The highest BCUT2D eigenvalue weighted by Gasteiger charge is 2.19. The van der Waals surface area contributed by atoms with E-state index in [9.17, 15) is 0 Å². The van der Waals surface area contributed by atoms with Gasteiger partial charge in [-0.25, -0.2) is 0 Å². The van der Waals surface area contributed by atoms with Crippen molar-refractivity contribution in [2.45, 2.75) is 64.5 Å². The summed E-state index contributed by atoms with van der Waals surface area (Å²) in [5.74, 6) is 1.85. The summed E-state index contributed by atoms with van der Waals surface area (Å²) < 4.78 is 7.28. The van der Waals surface area contributed by atoms with Crippen LogP contribution in [-0.4, -0.2) is 12.1 Å². The zero-order valence-corrected chi connectivity index (χ0v) is 14.2. The molecule has 2 N–H and O–H groups in total. The molecule has 1 aromatic rings. The van der Waals surface area contributed by atoms with Gasteiger partial charge in [-0.15, -0.1) is 0 Å². The molecule has 0 saturated heterocycles. The molecule has 1 atom stereocenters. The van der Waals surface area contributed by atoms with Crippen LogP contribution in [0, 0.1) is 5.92 Å². The highest BCUT2D eigenvalue weighted by molar-refractivity contribution is 9.10. The average Bonchev–Trinajstić information content (AvgIpc) is 2.45. The molecule has 0 aromatic heterocycles. The van der Waals surface area contributed by atoms with Crippen molar-refractivity contribution in [3.63, 3.8) is 0 Å². The smallest absolute Gasteiger partial charge is 0.120 e. The predicted molar refractivity (Wildman–Crippen MR) is 88.2 cm³/mol. The molecule has 0 bridgehead atoms. The molecule has 1 aromatic carbocycles. The van der Waals surface area contributed by atoms with Crippen LogP contribution in [0.5, 0.6) is 5.75 Å². The number of hydrogen-bond donors (Lipinski definition) is 1. The third kappa shape index (κ3) is 4.49. The molecule has 0 heterocycles. The van der Waals surface area contributed by atoms with Crippen molar-refractivity contribution < 1.29 is 4.74 Å². The standard InChI is InChI=1S/C17H26BrNO/c1-3-14(19)10-13-11-16(8-9-17(13)18)20-15-6-4-12(2)5-7-15/h8-9,11-12,14-15H,3-7,10,19H2,1-2H3. The van der Waals surface area contributed by atoms with Crippen molar-refractivity contribution in [3.8, 4) is 5.75 Å². The Kier molecular flexibility index (Phi) is 5.91. The van der Waals surface area contributed by atoms with Crippen molar-refractivity contribution >= 4 is 15.9 Å². The Balaban J connectivity index is 1.99. The van der Waals surface area contributed by atoms with Gasteiger partial charge in [0.15, 0.2) is 0 Å². The minimum atomic E-state index is 0.220. The topological polar surface area (TPSA) is 35.2 Å². The first-order valence-electron chi connectivity index (χ1n) is 7.79. The highest BCUT2D eigenvalue weighted by atomic mass is 79.9. The van der Waals surface area contributed by atoms with E-state index in [1.807, 2.05) is 0 Å². The SMILES string of the molecule is CCC(N)Cc1cc(OC2CCC(C)CC2)ccc1Br. The van der Waals surface area contributed by atoms with E-state index in [1.54, 1.807) is 0 Å². The monoisotopic (exact) mass is 339 g/mol. The first-order valence-corrected chi connectivity index (χ1v) is 8.58. The van der Waals surface area contributed by atoms with E-state index in [1.165, 1.54) is 31.2 Å². The number of halogens is 1. The van der Waals surface area contributed by atoms with Crippen LogP contribution in [0.3, 0.4) is 0 Å². The Bertz CT molecular complexity index is 427. The van der Waals surface area contributed by atoms with Gasteiger partial charge in [-0.3, -0.25) is 0 Å². The third-order valence-electron chi connectivity index (χ3n) is 4.29. The van der Waals surface area contributed by atoms with E-state index >= 15 is 0 Å². The molecular weight excluding hydrogens is 314 g/mol. The minimum absolute atomic E-state index is 0.220. The Hall–Kier alpha value is -0.540. The zero-order chi connectivity index (χ0) is 14.5. The lowest BCUT2D eigenvalue weighted by atomic mass is 9.89. The van der Waals surface area contributed by atoms with Crippen molar-refractivity contribution in [3.05, 3.63) is 28.2 Å². The van der Waals surface area contributed by atoms with Gasteiger partial charge in [0.25, 0.3) is 0 Å². The predicted octanol–water partition coefficient (Wildman–Crippen LogP) is 4.69. The van der Waals surface area contributed by atoms with Gasteiger partial charge in [0.1, 0.15) is 5.75 Å². The summed E-state index contributed by atoms with van der Waals surface area (Å²) in [7, 11) is 0. The van der Waals surface area contributed by atoms with E-state index in [2.05, 4.69) is 48.0 Å². The molecule has 1 aliphatic rings. The maximum Gasteiger partial charge on any atom is 0.120 e. The van der Waals surface area contributed by atoms with Gasteiger partial charge in [-0.05, 0) is 68.2 Å². The van der Waals surface area contributed by atoms with Gasteiger partial charge in [-0.2, -0.15) is 0 Å². The molecule has 112 valence electrons. The normalized spacial score (nSPS) is 24.4. The summed E-state index contributed by atoms with van der Waals surface area (Å²) >= 11 is 3.61. The van der Waals surface area contributed by atoms with Gasteiger partial charge < -0.3 is 10.5 Å². The zero-order valence-electron chi connectivity index (χ0n) is 12.6. The summed E-state index contributed by atoms with van der Waals surface area (Å²) in [5, 5.41) is 0. The molecule has 1 fully saturated rings. The van der Waals surface area contributed by atoms with Crippen LogP contribution in [-0.2, 0) is 6.42 Å². The van der Waals surface area contributed by atoms with Crippen molar-refractivity contribution in [1.82, 2.24) is 0 Å². The van der Waals surface area contributed by atoms with Gasteiger partial charge in [0, 0.05) is 10.5 Å². The fourth-order valence-corrected chi connectivity index (χ4v) is 3.16. The summed E-state index contributed by atoms with van der Waals surface area (Å²) in [4.78, 5) is 0. The molecular formula is C17H26BrNO. The second-order valence-corrected chi connectivity index (χ2v) is 6.98. The Labute approximate surface area is 131 Å². The van der Waals surface area contributed by atoms with Crippen LogP contribution in [0.1, 0.15) is 51.5 Å². The quantitative estimate of drug-likeness (QED) is 0.844.